The van der Waals surface area contributed by atoms with E-state index in [1.165, 1.54) is 199 Å². The van der Waals surface area contributed by atoms with Crippen molar-refractivity contribution in [1.29, 1.82) is 0 Å². The number of amides is 1. The molecule has 2 heteroatoms. The quantitative estimate of drug-likeness (QED) is 0.0543. The van der Waals surface area contributed by atoms with Crippen LogP contribution in [0.2, 0.25) is 0 Å². The number of carbonyl (C=O) groups excluding carboxylic acids is 1. The Morgan fingerprint density at radius 1 is 0.390 bits per heavy atom. The highest BCUT2D eigenvalue weighted by Crippen LogP contribution is 2.16. The third kappa shape index (κ3) is 32.0. The Balaban J connectivity index is 3.48. The summed E-state index contributed by atoms with van der Waals surface area (Å²) in [4.78, 5) is 14.4. The molecule has 0 aromatic heterocycles. The van der Waals surface area contributed by atoms with Crippen molar-refractivity contribution in [3.8, 4) is 0 Å². The van der Waals surface area contributed by atoms with Crippen molar-refractivity contribution in [3.05, 3.63) is 12.7 Å². The van der Waals surface area contributed by atoms with Crippen molar-refractivity contribution in [2.75, 3.05) is 13.1 Å². The second kappa shape index (κ2) is 35.4. The number of nitrogens with zero attached hydrogens (tertiary/aromatic N) is 1. The highest BCUT2D eigenvalue weighted by Gasteiger charge is 2.09. The Labute approximate surface area is 260 Å². The molecule has 0 N–H and O–H groups in total. The minimum Gasteiger partial charge on any atom is -0.339 e. The lowest BCUT2D eigenvalue weighted by Gasteiger charge is -2.21. The molecule has 0 saturated carbocycles. The van der Waals surface area contributed by atoms with Crippen LogP contribution in [0.1, 0.15) is 219 Å². The zero-order valence-corrected chi connectivity index (χ0v) is 28.7. The second-order valence-electron chi connectivity index (χ2n) is 13.1. The van der Waals surface area contributed by atoms with Gasteiger partial charge in [0.2, 0.25) is 5.91 Å². The molecule has 41 heavy (non-hydrogen) atoms. The molecule has 0 aliphatic carbocycles. The van der Waals surface area contributed by atoms with Crippen LogP contribution < -0.4 is 0 Å². The van der Waals surface area contributed by atoms with E-state index in [9.17, 15) is 4.79 Å². The predicted molar refractivity (Wildman–Crippen MR) is 186 cm³/mol. The van der Waals surface area contributed by atoms with Gasteiger partial charge in [-0.2, -0.15) is 0 Å². The lowest BCUT2D eigenvalue weighted by atomic mass is 10.0. The first kappa shape index (κ1) is 40.2. The maximum absolute atomic E-state index is 12.3. The first-order chi connectivity index (χ1) is 20.3. The second-order valence-corrected chi connectivity index (χ2v) is 13.1. The van der Waals surface area contributed by atoms with Crippen molar-refractivity contribution in [3.63, 3.8) is 0 Å². The summed E-state index contributed by atoms with van der Waals surface area (Å²) in [6.45, 7) is 10.2. The standard InChI is InChI=1S/C39H77NO/c1-4-7-9-11-13-15-17-19-21-23-25-27-29-31-33-35-37-40(39(41)6-3)38-36-34-32-30-28-26-24-22-20-18-16-14-12-10-8-5-2/h6H,3-5,7-38H2,1-2H3. The minimum absolute atomic E-state index is 0.131. The summed E-state index contributed by atoms with van der Waals surface area (Å²) in [5.74, 6) is 0.131. The molecule has 0 aromatic carbocycles. The average molecular weight is 576 g/mol. The number of hydrogen-bond donors (Lipinski definition) is 0. The SMILES string of the molecule is C=CC(=O)N(CCCCCCCCCCCCCCCCCC)CCCCCCCCCCCCCCCCCC. The molecule has 0 rings (SSSR count). The van der Waals surface area contributed by atoms with E-state index in [2.05, 4.69) is 25.3 Å². The number of hydrogen-bond acceptors (Lipinski definition) is 1. The van der Waals surface area contributed by atoms with Crippen molar-refractivity contribution >= 4 is 5.91 Å². The number of carbonyl (C=O) groups is 1. The Kier molecular flexibility index (Phi) is 34.7. The molecule has 0 unspecified atom stereocenters. The first-order valence-corrected chi connectivity index (χ1v) is 19.2. The molecule has 244 valence electrons. The summed E-state index contributed by atoms with van der Waals surface area (Å²) >= 11 is 0. The topological polar surface area (TPSA) is 20.3 Å². The van der Waals surface area contributed by atoms with Gasteiger partial charge in [0.25, 0.3) is 0 Å². The minimum atomic E-state index is 0.131. The Morgan fingerprint density at radius 2 is 0.585 bits per heavy atom. The smallest absolute Gasteiger partial charge is 0.245 e. The highest BCUT2D eigenvalue weighted by molar-refractivity contribution is 5.86. The third-order valence-electron chi connectivity index (χ3n) is 9.05. The summed E-state index contributed by atoms with van der Waals surface area (Å²) in [6.07, 6.45) is 46.0. The van der Waals surface area contributed by atoms with Crippen LogP contribution >= 0.6 is 0 Å². The summed E-state index contributed by atoms with van der Waals surface area (Å²) in [5, 5.41) is 0. The molecule has 0 radical (unpaired) electrons. The van der Waals surface area contributed by atoms with E-state index in [0.717, 1.165) is 25.9 Å². The maximum atomic E-state index is 12.3. The molecule has 1 amide bonds. The summed E-state index contributed by atoms with van der Waals surface area (Å²) < 4.78 is 0. The lowest BCUT2D eigenvalue weighted by molar-refractivity contribution is -0.126. The van der Waals surface area contributed by atoms with Crippen LogP contribution in [0.25, 0.3) is 0 Å². The largest absolute Gasteiger partial charge is 0.339 e. The van der Waals surface area contributed by atoms with Crippen LogP contribution in [0, 0.1) is 0 Å². The van der Waals surface area contributed by atoms with E-state index >= 15 is 0 Å². The van der Waals surface area contributed by atoms with E-state index in [4.69, 9.17) is 0 Å². The van der Waals surface area contributed by atoms with Gasteiger partial charge >= 0.3 is 0 Å². The van der Waals surface area contributed by atoms with Gasteiger partial charge in [0.1, 0.15) is 0 Å². The van der Waals surface area contributed by atoms with Crippen LogP contribution in [0.3, 0.4) is 0 Å². The van der Waals surface area contributed by atoms with Crippen molar-refractivity contribution < 1.29 is 4.79 Å². The van der Waals surface area contributed by atoms with Gasteiger partial charge in [-0.1, -0.05) is 213 Å². The van der Waals surface area contributed by atoms with Gasteiger partial charge in [-0.05, 0) is 18.9 Å². The predicted octanol–water partition coefficient (Wildman–Crippen LogP) is 13.5. The molecular weight excluding hydrogens is 498 g/mol. The van der Waals surface area contributed by atoms with Gasteiger partial charge in [-0.25, -0.2) is 0 Å². The van der Waals surface area contributed by atoms with Gasteiger partial charge in [0.15, 0.2) is 0 Å². The van der Waals surface area contributed by atoms with Crippen LogP contribution in [0.5, 0.6) is 0 Å². The van der Waals surface area contributed by atoms with E-state index in [1.807, 2.05) is 0 Å². The molecule has 0 bridgehead atoms. The number of unbranched alkanes of at least 4 members (excludes halogenated alkanes) is 30. The Morgan fingerprint density at radius 3 is 0.780 bits per heavy atom. The van der Waals surface area contributed by atoms with Crippen LogP contribution in [0.15, 0.2) is 12.7 Å². The summed E-state index contributed by atoms with van der Waals surface area (Å²) in [6, 6.07) is 0. The fourth-order valence-electron chi connectivity index (χ4n) is 6.16. The molecule has 2 nitrogen and oxygen atoms in total. The van der Waals surface area contributed by atoms with Gasteiger partial charge in [-0.3, -0.25) is 4.79 Å². The summed E-state index contributed by atoms with van der Waals surface area (Å²) in [7, 11) is 0. The first-order valence-electron chi connectivity index (χ1n) is 19.2. The number of rotatable bonds is 35. The summed E-state index contributed by atoms with van der Waals surface area (Å²) in [5.41, 5.74) is 0. The molecular formula is C39H77NO. The maximum Gasteiger partial charge on any atom is 0.245 e. The molecule has 0 aliphatic rings. The molecule has 0 atom stereocenters. The molecule has 0 spiro atoms. The molecule has 0 aromatic rings. The zero-order chi connectivity index (χ0) is 29.9. The fraction of sp³-hybridized carbons (Fsp3) is 0.923. The molecule has 0 saturated heterocycles. The van der Waals surface area contributed by atoms with Gasteiger partial charge in [0, 0.05) is 13.1 Å². The molecule has 0 aliphatic heterocycles. The normalized spacial score (nSPS) is 11.3. The van der Waals surface area contributed by atoms with E-state index in [-0.39, 0.29) is 5.91 Å². The Hall–Kier alpha value is -0.790. The van der Waals surface area contributed by atoms with E-state index in [0.29, 0.717) is 0 Å². The van der Waals surface area contributed by atoms with Crippen LogP contribution in [0.4, 0.5) is 0 Å². The van der Waals surface area contributed by atoms with Crippen molar-refractivity contribution in [2.45, 2.75) is 219 Å². The van der Waals surface area contributed by atoms with Gasteiger partial charge in [-0.15, -0.1) is 0 Å². The van der Waals surface area contributed by atoms with E-state index in [1.54, 1.807) is 0 Å². The van der Waals surface area contributed by atoms with E-state index < -0.39 is 0 Å². The van der Waals surface area contributed by atoms with Crippen molar-refractivity contribution in [1.82, 2.24) is 4.90 Å². The fourth-order valence-corrected chi connectivity index (χ4v) is 6.16. The monoisotopic (exact) mass is 576 g/mol. The third-order valence-corrected chi connectivity index (χ3v) is 9.05. The average Bonchev–Trinajstić information content (AvgIpc) is 2.99. The highest BCUT2D eigenvalue weighted by atomic mass is 16.2. The van der Waals surface area contributed by atoms with Crippen molar-refractivity contribution in [2.24, 2.45) is 0 Å². The zero-order valence-electron chi connectivity index (χ0n) is 28.7. The van der Waals surface area contributed by atoms with Crippen LogP contribution in [-0.2, 0) is 4.79 Å². The van der Waals surface area contributed by atoms with Gasteiger partial charge in [0.05, 0.1) is 0 Å². The van der Waals surface area contributed by atoms with Gasteiger partial charge < -0.3 is 4.90 Å². The lowest BCUT2D eigenvalue weighted by Crippen LogP contribution is -2.31. The Bertz CT molecular complexity index is 480. The van der Waals surface area contributed by atoms with Crippen LogP contribution in [-0.4, -0.2) is 23.9 Å². The molecule has 0 fully saturated rings. The molecule has 0 heterocycles.